The first-order valence-electron chi connectivity index (χ1n) is 13.5. The molecule has 1 aliphatic heterocycles. The number of hydrogen-bond acceptors (Lipinski definition) is 7. The molecule has 2 aliphatic rings. The first kappa shape index (κ1) is 32.7. The van der Waals surface area contributed by atoms with Gasteiger partial charge in [0.25, 0.3) is 0 Å². The van der Waals surface area contributed by atoms with Gasteiger partial charge in [0, 0.05) is 29.6 Å². The molecule has 0 amide bonds. The van der Waals surface area contributed by atoms with E-state index in [1.807, 2.05) is 31.2 Å². The number of oxazole rings is 1. The van der Waals surface area contributed by atoms with Gasteiger partial charge in [-0.05, 0) is 56.7 Å². The Bertz CT molecular complexity index is 1340. The molecule has 16 heteroatoms. The fourth-order valence-corrected chi connectivity index (χ4v) is 5.47. The van der Waals surface area contributed by atoms with E-state index in [-0.39, 0.29) is 6.04 Å². The van der Waals surface area contributed by atoms with Crippen LogP contribution in [0.3, 0.4) is 0 Å². The Kier molecular flexibility index (Phi) is 10.4. The maximum Gasteiger partial charge on any atom is 0.490 e. The van der Waals surface area contributed by atoms with Gasteiger partial charge in [-0.3, -0.25) is 4.90 Å². The topological polar surface area (TPSA) is 107 Å². The van der Waals surface area contributed by atoms with Crippen LogP contribution in [0, 0.1) is 6.92 Å². The second kappa shape index (κ2) is 13.6. The zero-order chi connectivity index (χ0) is 31.4. The van der Waals surface area contributed by atoms with Gasteiger partial charge in [0.1, 0.15) is 24.1 Å². The number of carboxylic acids is 1. The molecule has 1 aromatic carbocycles. The minimum absolute atomic E-state index is 0.137. The van der Waals surface area contributed by atoms with Crippen LogP contribution in [-0.2, 0) is 22.5 Å². The summed E-state index contributed by atoms with van der Waals surface area (Å²) < 4.78 is 82.8. The van der Waals surface area contributed by atoms with Crippen molar-refractivity contribution >= 4 is 17.6 Å². The highest BCUT2D eigenvalue weighted by Crippen LogP contribution is 2.38. The van der Waals surface area contributed by atoms with Crippen LogP contribution in [0.4, 0.5) is 26.3 Å². The standard InChI is InChI=1S/C25H29ClF3N5O2.C2HF3O2/c1-16-11-30-24(36-16)18-4-8-20(9-5-18)34-13-23(22-12-33(32-31-22)15-25(27,28)29)35-14-21(34)10-17-2-6-19(26)7-3-17;3-2(4,5)1(6)7/h2-3,6-7,11-12,18,20-21,23H,4-5,8-10,13-15H2,1H3;(H,6,7)/t18?,20?,21-,23+;/m0./s1. The van der Waals surface area contributed by atoms with Gasteiger partial charge in [0.05, 0.1) is 19.0 Å². The number of rotatable bonds is 6. The lowest BCUT2D eigenvalue weighted by atomic mass is 9.84. The Labute approximate surface area is 247 Å². The van der Waals surface area contributed by atoms with Crippen molar-refractivity contribution in [2.45, 2.75) is 82.0 Å². The number of carbonyl (C=O) groups is 1. The van der Waals surface area contributed by atoms with E-state index >= 15 is 0 Å². The monoisotopic (exact) mass is 637 g/mol. The fraction of sp³-hybridized carbons (Fsp3) is 0.556. The summed E-state index contributed by atoms with van der Waals surface area (Å²) in [4.78, 5) is 15.8. The first-order valence-corrected chi connectivity index (χ1v) is 13.9. The third-order valence-corrected chi connectivity index (χ3v) is 7.60. The lowest BCUT2D eigenvalue weighted by Crippen LogP contribution is -2.53. The average Bonchev–Trinajstić information content (AvgIpc) is 3.58. The smallest absolute Gasteiger partial charge is 0.475 e. The van der Waals surface area contributed by atoms with Crippen LogP contribution in [0.5, 0.6) is 0 Å². The van der Waals surface area contributed by atoms with Gasteiger partial charge in [0.15, 0.2) is 5.89 Å². The number of benzene rings is 1. The largest absolute Gasteiger partial charge is 0.490 e. The van der Waals surface area contributed by atoms with Gasteiger partial charge >= 0.3 is 18.3 Å². The molecule has 1 saturated heterocycles. The Balaban J connectivity index is 0.000000541. The summed E-state index contributed by atoms with van der Waals surface area (Å²) in [5, 5.41) is 15.5. The zero-order valence-electron chi connectivity index (χ0n) is 23.0. The summed E-state index contributed by atoms with van der Waals surface area (Å²) >= 11 is 6.07. The van der Waals surface area contributed by atoms with Crippen LogP contribution >= 0.6 is 11.6 Å². The number of morpholine rings is 1. The van der Waals surface area contributed by atoms with E-state index in [1.54, 1.807) is 6.20 Å². The van der Waals surface area contributed by atoms with Gasteiger partial charge in [-0.2, -0.15) is 26.3 Å². The number of alkyl halides is 6. The Hall–Kier alpha value is -3.17. The van der Waals surface area contributed by atoms with Gasteiger partial charge in [0.2, 0.25) is 0 Å². The first-order chi connectivity index (χ1) is 20.2. The summed E-state index contributed by atoms with van der Waals surface area (Å²) in [6.45, 7) is 1.75. The van der Waals surface area contributed by atoms with E-state index in [0.717, 1.165) is 54.0 Å². The number of nitrogens with zero attached hydrogens (tertiary/aromatic N) is 5. The van der Waals surface area contributed by atoms with Crippen LogP contribution in [0.1, 0.15) is 60.6 Å². The van der Waals surface area contributed by atoms with Crippen molar-refractivity contribution in [1.82, 2.24) is 24.9 Å². The third kappa shape index (κ3) is 9.41. The van der Waals surface area contributed by atoms with Crippen molar-refractivity contribution in [3.05, 3.63) is 64.6 Å². The molecule has 2 atom stereocenters. The minimum Gasteiger partial charge on any atom is -0.475 e. The second-order valence-corrected chi connectivity index (χ2v) is 11.0. The SMILES string of the molecule is Cc1cnc(C2CCC(N3C[C@H](c4cn(CC(F)(F)F)nn4)OC[C@@H]3Cc3ccc(Cl)cc3)CC2)o1.O=C(O)C(F)(F)F. The molecule has 0 bridgehead atoms. The Morgan fingerprint density at radius 3 is 2.30 bits per heavy atom. The number of halogens is 7. The lowest BCUT2D eigenvalue weighted by molar-refractivity contribution is -0.192. The average molecular weight is 638 g/mol. The maximum atomic E-state index is 12.8. The molecule has 0 unspecified atom stereocenters. The van der Waals surface area contributed by atoms with Gasteiger partial charge in [-0.25, -0.2) is 14.5 Å². The van der Waals surface area contributed by atoms with E-state index in [0.29, 0.717) is 35.8 Å². The number of ether oxygens (including phenoxy) is 1. The molecule has 2 fully saturated rings. The fourth-order valence-electron chi connectivity index (χ4n) is 5.35. The summed E-state index contributed by atoms with van der Waals surface area (Å²) in [7, 11) is 0. The summed E-state index contributed by atoms with van der Waals surface area (Å²) in [6.07, 6.45) is -2.05. The van der Waals surface area contributed by atoms with Crippen molar-refractivity contribution < 1.29 is 45.4 Å². The van der Waals surface area contributed by atoms with E-state index in [9.17, 15) is 26.3 Å². The highest BCUT2D eigenvalue weighted by atomic mass is 35.5. The van der Waals surface area contributed by atoms with Crippen molar-refractivity contribution in [1.29, 1.82) is 0 Å². The van der Waals surface area contributed by atoms with Crippen LogP contribution in [0.25, 0.3) is 0 Å². The highest BCUT2D eigenvalue weighted by Gasteiger charge is 2.39. The van der Waals surface area contributed by atoms with E-state index < -0.39 is 31.0 Å². The normalized spacial score (nSPS) is 23.4. The molecule has 0 radical (unpaired) electrons. The second-order valence-electron chi connectivity index (χ2n) is 10.6. The van der Waals surface area contributed by atoms with Crippen LogP contribution in [0.2, 0.25) is 5.02 Å². The number of aromatic nitrogens is 4. The summed E-state index contributed by atoms with van der Waals surface area (Å²) in [5.74, 6) is -0.814. The Morgan fingerprint density at radius 2 is 1.74 bits per heavy atom. The number of aliphatic carboxylic acids is 1. The number of hydrogen-bond donors (Lipinski definition) is 1. The minimum atomic E-state index is -5.08. The molecule has 1 aliphatic carbocycles. The number of carboxylic acid groups (broad SMARTS) is 1. The molecule has 3 aromatic rings. The quantitative estimate of drug-likeness (QED) is 0.322. The number of aryl methyl sites for hydroxylation is 1. The van der Waals surface area contributed by atoms with Crippen molar-refractivity contribution in [2.75, 3.05) is 13.2 Å². The molecule has 5 rings (SSSR count). The molecule has 1 N–H and O–H groups in total. The van der Waals surface area contributed by atoms with Crippen molar-refractivity contribution in [3.8, 4) is 0 Å². The molecule has 43 heavy (non-hydrogen) atoms. The van der Waals surface area contributed by atoms with Crippen LogP contribution in [-0.4, -0.2) is 73.5 Å². The summed E-state index contributed by atoms with van der Waals surface area (Å²) in [5.41, 5.74) is 1.59. The maximum absolute atomic E-state index is 12.8. The van der Waals surface area contributed by atoms with Gasteiger partial charge < -0.3 is 14.3 Å². The molecular weight excluding hydrogens is 608 g/mol. The van der Waals surface area contributed by atoms with Crippen LogP contribution in [0.15, 0.2) is 41.1 Å². The molecule has 2 aromatic heterocycles. The van der Waals surface area contributed by atoms with Crippen molar-refractivity contribution in [2.24, 2.45) is 0 Å². The van der Waals surface area contributed by atoms with Gasteiger partial charge in [-0.15, -0.1) is 5.10 Å². The highest BCUT2D eigenvalue weighted by molar-refractivity contribution is 6.30. The molecule has 0 spiro atoms. The predicted octanol–water partition coefficient (Wildman–Crippen LogP) is 6.13. The van der Waals surface area contributed by atoms with Crippen LogP contribution < -0.4 is 0 Å². The molecule has 9 nitrogen and oxygen atoms in total. The van der Waals surface area contributed by atoms with E-state index in [1.165, 1.54) is 6.20 Å². The predicted molar refractivity (Wildman–Crippen MR) is 140 cm³/mol. The van der Waals surface area contributed by atoms with E-state index in [2.05, 4.69) is 20.2 Å². The molecule has 1 saturated carbocycles. The molecule has 3 heterocycles. The lowest BCUT2D eigenvalue weighted by Gasteiger charge is -2.45. The summed E-state index contributed by atoms with van der Waals surface area (Å²) in [6, 6.07) is 8.28. The Morgan fingerprint density at radius 1 is 1.09 bits per heavy atom. The van der Waals surface area contributed by atoms with Crippen molar-refractivity contribution in [3.63, 3.8) is 0 Å². The zero-order valence-corrected chi connectivity index (χ0v) is 23.7. The van der Waals surface area contributed by atoms with Gasteiger partial charge in [-0.1, -0.05) is 28.9 Å². The molecular formula is C27H30ClF6N5O4. The third-order valence-electron chi connectivity index (χ3n) is 7.34. The molecule has 236 valence electrons. The van der Waals surface area contributed by atoms with E-state index in [4.69, 9.17) is 30.7 Å².